The third-order valence-electron chi connectivity index (χ3n) is 1.96. The molecular formula is C11H9Br2N3. The first-order valence-electron chi connectivity index (χ1n) is 4.70. The van der Waals surface area contributed by atoms with E-state index in [1.807, 2.05) is 12.1 Å². The number of rotatable bonds is 3. The fourth-order valence-corrected chi connectivity index (χ4v) is 1.88. The van der Waals surface area contributed by atoms with Gasteiger partial charge in [0.25, 0.3) is 0 Å². The molecule has 2 rings (SSSR count). The molecule has 0 aliphatic rings. The van der Waals surface area contributed by atoms with Crippen molar-refractivity contribution in [2.75, 3.05) is 5.32 Å². The summed E-state index contributed by atoms with van der Waals surface area (Å²) in [5.74, 6) is 0.628. The van der Waals surface area contributed by atoms with Crippen LogP contribution in [-0.2, 0) is 6.54 Å². The van der Waals surface area contributed by atoms with Gasteiger partial charge >= 0.3 is 0 Å². The monoisotopic (exact) mass is 341 g/mol. The predicted molar refractivity (Wildman–Crippen MR) is 71.2 cm³/mol. The Bertz CT molecular complexity index is 471. The van der Waals surface area contributed by atoms with Crippen LogP contribution in [0.5, 0.6) is 0 Å². The van der Waals surface area contributed by atoms with Gasteiger partial charge in [-0.15, -0.1) is 0 Å². The fraction of sp³-hybridized carbons (Fsp3) is 0.0909. The predicted octanol–water partition coefficient (Wildman–Crippen LogP) is 3.61. The van der Waals surface area contributed by atoms with E-state index in [0.29, 0.717) is 12.5 Å². The van der Waals surface area contributed by atoms with Crippen LogP contribution in [0.15, 0.2) is 45.6 Å². The fourth-order valence-electron chi connectivity index (χ4n) is 1.23. The van der Waals surface area contributed by atoms with E-state index in [1.165, 1.54) is 5.56 Å². The first kappa shape index (κ1) is 11.5. The van der Waals surface area contributed by atoms with Crippen LogP contribution in [0.25, 0.3) is 0 Å². The van der Waals surface area contributed by atoms with Crippen molar-refractivity contribution in [2.24, 2.45) is 0 Å². The Morgan fingerprint density at radius 3 is 2.50 bits per heavy atom. The highest BCUT2D eigenvalue weighted by molar-refractivity contribution is 9.10. The minimum atomic E-state index is 0.628. The molecule has 0 aliphatic heterocycles. The lowest BCUT2D eigenvalue weighted by Gasteiger charge is -2.04. The van der Waals surface area contributed by atoms with E-state index in [1.54, 1.807) is 12.4 Å². The summed E-state index contributed by atoms with van der Waals surface area (Å²) in [5.41, 5.74) is 1.18. The first-order valence-corrected chi connectivity index (χ1v) is 6.28. The summed E-state index contributed by atoms with van der Waals surface area (Å²) >= 11 is 6.72. The van der Waals surface area contributed by atoms with Crippen molar-refractivity contribution in [1.82, 2.24) is 9.97 Å². The van der Waals surface area contributed by atoms with Crippen molar-refractivity contribution in [2.45, 2.75) is 6.54 Å². The Morgan fingerprint density at radius 2 is 1.81 bits per heavy atom. The molecule has 16 heavy (non-hydrogen) atoms. The minimum absolute atomic E-state index is 0.628. The summed E-state index contributed by atoms with van der Waals surface area (Å²) in [7, 11) is 0. The quantitative estimate of drug-likeness (QED) is 0.925. The van der Waals surface area contributed by atoms with Crippen molar-refractivity contribution in [3.8, 4) is 0 Å². The molecule has 0 amide bonds. The molecule has 1 heterocycles. The Labute approximate surface area is 111 Å². The van der Waals surface area contributed by atoms with Gasteiger partial charge in [0.2, 0.25) is 5.95 Å². The van der Waals surface area contributed by atoms with E-state index in [2.05, 4.69) is 59.3 Å². The molecule has 0 saturated heterocycles. The van der Waals surface area contributed by atoms with Crippen molar-refractivity contribution < 1.29 is 0 Å². The summed E-state index contributed by atoms with van der Waals surface area (Å²) in [4.78, 5) is 8.27. The first-order chi connectivity index (χ1) is 7.74. The molecule has 0 unspecified atom stereocenters. The number of hydrogen-bond donors (Lipinski definition) is 1. The zero-order chi connectivity index (χ0) is 11.4. The van der Waals surface area contributed by atoms with Crippen LogP contribution >= 0.6 is 31.9 Å². The third kappa shape index (κ3) is 3.28. The third-order valence-corrected chi connectivity index (χ3v) is 2.86. The molecule has 0 radical (unpaired) electrons. The topological polar surface area (TPSA) is 37.8 Å². The van der Waals surface area contributed by atoms with E-state index in [-0.39, 0.29) is 0 Å². The average molecular weight is 343 g/mol. The van der Waals surface area contributed by atoms with E-state index in [0.717, 1.165) is 8.95 Å². The van der Waals surface area contributed by atoms with Crippen LogP contribution in [-0.4, -0.2) is 9.97 Å². The maximum absolute atomic E-state index is 4.13. The number of nitrogens with one attached hydrogen (secondary N) is 1. The molecule has 0 saturated carbocycles. The molecule has 0 atom stereocenters. The lowest BCUT2D eigenvalue weighted by atomic mass is 10.2. The van der Waals surface area contributed by atoms with Crippen LogP contribution in [0, 0.1) is 0 Å². The second-order valence-electron chi connectivity index (χ2n) is 3.21. The van der Waals surface area contributed by atoms with Gasteiger partial charge in [0, 0.05) is 23.4 Å². The van der Waals surface area contributed by atoms with Crippen LogP contribution in [0.1, 0.15) is 5.56 Å². The molecule has 1 aromatic carbocycles. The van der Waals surface area contributed by atoms with Crippen LogP contribution in [0.2, 0.25) is 0 Å². The number of nitrogens with zero attached hydrogens (tertiary/aromatic N) is 2. The Balaban J connectivity index is 1.99. The second kappa shape index (κ2) is 5.41. The summed E-state index contributed by atoms with van der Waals surface area (Å²) in [6, 6.07) is 8.12. The number of hydrogen-bond acceptors (Lipinski definition) is 3. The minimum Gasteiger partial charge on any atom is -0.350 e. The lowest BCUT2D eigenvalue weighted by molar-refractivity contribution is 1.05. The number of halogens is 2. The molecule has 0 bridgehead atoms. The Morgan fingerprint density at radius 1 is 1.06 bits per heavy atom. The van der Waals surface area contributed by atoms with Gasteiger partial charge in [-0.25, -0.2) is 9.97 Å². The average Bonchev–Trinajstić information content (AvgIpc) is 2.28. The van der Waals surface area contributed by atoms with Gasteiger partial charge in [-0.2, -0.15) is 0 Å². The summed E-state index contributed by atoms with van der Waals surface area (Å²) in [5, 5.41) is 3.15. The zero-order valence-electron chi connectivity index (χ0n) is 8.32. The maximum atomic E-state index is 4.13. The molecule has 82 valence electrons. The summed E-state index contributed by atoms with van der Waals surface area (Å²) in [6.07, 6.45) is 3.44. The lowest BCUT2D eigenvalue weighted by Crippen LogP contribution is -2.02. The molecule has 0 spiro atoms. The van der Waals surface area contributed by atoms with Gasteiger partial charge in [0.05, 0.1) is 4.47 Å². The molecule has 5 heteroatoms. The van der Waals surface area contributed by atoms with Crippen molar-refractivity contribution in [3.63, 3.8) is 0 Å². The molecule has 1 N–H and O–H groups in total. The van der Waals surface area contributed by atoms with E-state index in [4.69, 9.17) is 0 Å². The SMILES string of the molecule is Brc1cnc(NCc2cccc(Br)c2)nc1. The van der Waals surface area contributed by atoms with E-state index < -0.39 is 0 Å². The largest absolute Gasteiger partial charge is 0.350 e. The number of benzene rings is 1. The summed E-state index contributed by atoms with van der Waals surface area (Å²) in [6.45, 7) is 0.709. The van der Waals surface area contributed by atoms with Gasteiger partial charge in [-0.05, 0) is 33.6 Å². The molecule has 3 nitrogen and oxygen atoms in total. The molecular weight excluding hydrogens is 334 g/mol. The van der Waals surface area contributed by atoms with Gasteiger partial charge in [-0.1, -0.05) is 28.1 Å². The van der Waals surface area contributed by atoms with Crippen LogP contribution in [0.3, 0.4) is 0 Å². The Kier molecular flexibility index (Phi) is 3.90. The molecule has 0 fully saturated rings. The number of anilines is 1. The highest BCUT2D eigenvalue weighted by atomic mass is 79.9. The Hall–Kier alpha value is -0.940. The molecule has 1 aromatic heterocycles. The standard InChI is InChI=1S/C11H9Br2N3/c12-9-3-1-2-8(4-9)5-14-11-15-6-10(13)7-16-11/h1-4,6-7H,5H2,(H,14,15,16). The normalized spacial score (nSPS) is 10.1. The van der Waals surface area contributed by atoms with E-state index in [9.17, 15) is 0 Å². The van der Waals surface area contributed by atoms with Gasteiger partial charge < -0.3 is 5.32 Å². The van der Waals surface area contributed by atoms with Crippen molar-refractivity contribution in [1.29, 1.82) is 0 Å². The molecule has 0 aliphatic carbocycles. The molecule has 2 aromatic rings. The van der Waals surface area contributed by atoms with Gasteiger partial charge in [0.15, 0.2) is 0 Å². The summed E-state index contributed by atoms with van der Waals surface area (Å²) < 4.78 is 1.95. The number of aromatic nitrogens is 2. The van der Waals surface area contributed by atoms with Crippen molar-refractivity contribution >= 4 is 37.8 Å². The van der Waals surface area contributed by atoms with Crippen LogP contribution < -0.4 is 5.32 Å². The smallest absolute Gasteiger partial charge is 0.222 e. The second-order valence-corrected chi connectivity index (χ2v) is 5.04. The zero-order valence-corrected chi connectivity index (χ0v) is 11.5. The highest BCUT2D eigenvalue weighted by Gasteiger charge is 1.97. The maximum Gasteiger partial charge on any atom is 0.222 e. The van der Waals surface area contributed by atoms with E-state index >= 15 is 0 Å². The van der Waals surface area contributed by atoms with Crippen molar-refractivity contribution in [3.05, 3.63) is 51.2 Å². The highest BCUT2D eigenvalue weighted by Crippen LogP contribution is 2.13. The van der Waals surface area contributed by atoms with Crippen LogP contribution in [0.4, 0.5) is 5.95 Å². The van der Waals surface area contributed by atoms with Gasteiger partial charge in [-0.3, -0.25) is 0 Å². The van der Waals surface area contributed by atoms with Gasteiger partial charge in [0.1, 0.15) is 0 Å².